The van der Waals surface area contributed by atoms with E-state index in [0.717, 1.165) is 25.0 Å². The van der Waals surface area contributed by atoms with E-state index in [1.165, 1.54) is 0 Å². The zero-order valence-electron chi connectivity index (χ0n) is 10.1. The van der Waals surface area contributed by atoms with Crippen molar-refractivity contribution in [2.24, 2.45) is 0 Å². The summed E-state index contributed by atoms with van der Waals surface area (Å²) in [5, 5.41) is 16.9. The highest BCUT2D eigenvalue weighted by Crippen LogP contribution is 2.42. The van der Waals surface area contributed by atoms with Gasteiger partial charge in [-0.15, -0.1) is 5.10 Å². The maximum atomic E-state index is 11.1. The molecule has 94 valence electrons. The number of hydrogen-bond acceptors (Lipinski definition) is 4. The number of aromatic nitrogens is 3. The minimum atomic E-state index is -0.995. The molecule has 1 aromatic heterocycles. The number of carbonyl (C=O) groups is 1. The average Bonchev–Trinajstić information content (AvgIpc) is 3.05. The van der Waals surface area contributed by atoms with Gasteiger partial charge >= 0.3 is 5.97 Å². The number of carboxylic acids is 1. The molecule has 1 N–H and O–H groups in total. The summed E-state index contributed by atoms with van der Waals surface area (Å²) in [6.45, 7) is 2.56. The van der Waals surface area contributed by atoms with Crippen LogP contribution in [0.3, 0.4) is 0 Å². The van der Waals surface area contributed by atoms with E-state index in [-0.39, 0.29) is 11.7 Å². The van der Waals surface area contributed by atoms with E-state index >= 15 is 0 Å². The molecule has 2 rings (SSSR count). The van der Waals surface area contributed by atoms with Gasteiger partial charge in [0.05, 0.1) is 18.3 Å². The van der Waals surface area contributed by atoms with E-state index in [1.807, 2.05) is 6.92 Å². The summed E-state index contributed by atoms with van der Waals surface area (Å²) in [6.07, 6.45) is 2.89. The molecule has 0 aliphatic heterocycles. The van der Waals surface area contributed by atoms with E-state index < -0.39 is 5.97 Å². The van der Waals surface area contributed by atoms with Gasteiger partial charge in [-0.3, -0.25) is 0 Å². The Morgan fingerprint density at radius 1 is 1.65 bits per heavy atom. The standard InChI is InChI=1S/C11H17N3O3/c1-3-8(6-17-2)14-10(7-4-5-7)9(11(15)16)12-13-14/h7-8H,3-6H2,1-2H3,(H,15,16). The Labute approximate surface area is 99.6 Å². The predicted molar refractivity (Wildman–Crippen MR) is 60.2 cm³/mol. The quantitative estimate of drug-likeness (QED) is 0.813. The Balaban J connectivity index is 2.35. The summed E-state index contributed by atoms with van der Waals surface area (Å²) in [7, 11) is 1.63. The van der Waals surface area contributed by atoms with Gasteiger partial charge < -0.3 is 9.84 Å². The summed E-state index contributed by atoms with van der Waals surface area (Å²) >= 11 is 0. The van der Waals surface area contributed by atoms with Gasteiger partial charge in [0.25, 0.3) is 0 Å². The minimum Gasteiger partial charge on any atom is -0.476 e. The van der Waals surface area contributed by atoms with Crippen LogP contribution in [0.2, 0.25) is 0 Å². The predicted octanol–water partition coefficient (Wildman–Crippen LogP) is 1.45. The average molecular weight is 239 g/mol. The van der Waals surface area contributed by atoms with Crippen LogP contribution in [0.4, 0.5) is 0 Å². The number of hydrogen-bond donors (Lipinski definition) is 1. The molecule has 0 saturated heterocycles. The molecule has 1 aromatic rings. The second-order valence-corrected chi connectivity index (χ2v) is 4.36. The summed E-state index contributed by atoms with van der Waals surface area (Å²) < 4.78 is 6.88. The number of rotatable bonds is 6. The van der Waals surface area contributed by atoms with Gasteiger partial charge in [-0.05, 0) is 19.3 Å². The molecule has 6 heteroatoms. The van der Waals surface area contributed by atoms with Crippen molar-refractivity contribution in [3.05, 3.63) is 11.4 Å². The van der Waals surface area contributed by atoms with Gasteiger partial charge in [0, 0.05) is 13.0 Å². The van der Waals surface area contributed by atoms with Gasteiger partial charge in [0.2, 0.25) is 0 Å². The molecular formula is C11H17N3O3. The first-order valence-corrected chi connectivity index (χ1v) is 5.86. The van der Waals surface area contributed by atoms with E-state index in [2.05, 4.69) is 10.3 Å². The minimum absolute atomic E-state index is 0.0659. The monoisotopic (exact) mass is 239 g/mol. The Morgan fingerprint density at radius 2 is 2.35 bits per heavy atom. The fourth-order valence-electron chi connectivity index (χ4n) is 2.01. The first kappa shape index (κ1) is 12.0. The lowest BCUT2D eigenvalue weighted by Gasteiger charge is -2.16. The lowest BCUT2D eigenvalue weighted by molar-refractivity contribution is 0.0688. The fraction of sp³-hybridized carbons (Fsp3) is 0.727. The highest BCUT2D eigenvalue weighted by molar-refractivity contribution is 5.86. The molecule has 1 aliphatic rings. The topological polar surface area (TPSA) is 77.2 Å². The molecule has 0 radical (unpaired) electrons. The lowest BCUT2D eigenvalue weighted by Crippen LogP contribution is -2.18. The molecule has 0 spiro atoms. The van der Waals surface area contributed by atoms with Crippen molar-refractivity contribution < 1.29 is 14.6 Å². The Hall–Kier alpha value is -1.43. The first-order chi connectivity index (χ1) is 8.19. The Morgan fingerprint density at radius 3 is 2.82 bits per heavy atom. The van der Waals surface area contributed by atoms with Crippen molar-refractivity contribution in [3.8, 4) is 0 Å². The smallest absolute Gasteiger partial charge is 0.358 e. The van der Waals surface area contributed by atoms with Crippen molar-refractivity contribution >= 4 is 5.97 Å². The lowest BCUT2D eigenvalue weighted by atomic mass is 10.2. The summed E-state index contributed by atoms with van der Waals surface area (Å²) in [6, 6.07) is 0.0659. The van der Waals surface area contributed by atoms with E-state index in [4.69, 9.17) is 9.84 Å². The number of nitrogens with zero attached hydrogens (tertiary/aromatic N) is 3. The molecule has 1 unspecified atom stereocenters. The third-order valence-electron chi connectivity index (χ3n) is 3.07. The zero-order chi connectivity index (χ0) is 12.4. The zero-order valence-corrected chi connectivity index (χ0v) is 10.1. The number of carboxylic acid groups (broad SMARTS) is 1. The van der Waals surface area contributed by atoms with Gasteiger partial charge in [-0.2, -0.15) is 0 Å². The highest BCUT2D eigenvalue weighted by Gasteiger charge is 2.35. The SMILES string of the molecule is CCC(COC)n1nnc(C(=O)O)c1C1CC1. The molecule has 17 heavy (non-hydrogen) atoms. The molecule has 1 heterocycles. The van der Waals surface area contributed by atoms with Crippen LogP contribution in [0.25, 0.3) is 0 Å². The van der Waals surface area contributed by atoms with Crippen LogP contribution in [0.5, 0.6) is 0 Å². The number of methoxy groups -OCH3 is 1. The highest BCUT2D eigenvalue weighted by atomic mass is 16.5. The maximum absolute atomic E-state index is 11.1. The summed E-state index contributed by atoms with van der Waals surface area (Å²) in [5.41, 5.74) is 0.864. The van der Waals surface area contributed by atoms with Gasteiger partial charge in [-0.25, -0.2) is 9.48 Å². The molecule has 1 aliphatic carbocycles. The van der Waals surface area contributed by atoms with Crippen molar-refractivity contribution in [1.82, 2.24) is 15.0 Å². The van der Waals surface area contributed by atoms with Crippen LogP contribution in [0.1, 0.15) is 54.3 Å². The molecular weight excluding hydrogens is 222 g/mol. The molecule has 0 amide bonds. The second kappa shape index (κ2) is 4.83. The second-order valence-electron chi connectivity index (χ2n) is 4.36. The van der Waals surface area contributed by atoms with E-state index in [9.17, 15) is 4.79 Å². The van der Waals surface area contributed by atoms with Crippen LogP contribution in [0.15, 0.2) is 0 Å². The number of aromatic carboxylic acids is 1. The molecule has 0 aromatic carbocycles. The maximum Gasteiger partial charge on any atom is 0.358 e. The summed E-state index contributed by atoms with van der Waals surface area (Å²) in [5.74, 6) is -0.688. The number of ether oxygens (including phenoxy) is 1. The third kappa shape index (κ3) is 2.31. The van der Waals surface area contributed by atoms with E-state index in [0.29, 0.717) is 12.5 Å². The fourth-order valence-corrected chi connectivity index (χ4v) is 2.01. The summed E-state index contributed by atoms with van der Waals surface area (Å²) in [4.78, 5) is 11.1. The molecule has 1 fully saturated rings. The van der Waals surface area contributed by atoms with Crippen LogP contribution < -0.4 is 0 Å². The van der Waals surface area contributed by atoms with Crippen LogP contribution in [-0.2, 0) is 4.74 Å². The van der Waals surface area contributed by atoms with Gasteiger partial charge in [0.15, 0.2) is 5.69 Å². The normalized spacial score (nSPS) is 17.1. The molecule has 1 atom stereocenters. The Bertz CT molecular complexity index is 412. The third-order valence-corrected chi connectivity index (χ3v) is 3.07. The first-order valence-electron chi connectivity index (χ1n) is 5.86. The Kier molecular flexibility index (Phi) is 3.42. The van der Waals surface area contributed by atoms with Crippen molar-refractivity contribution in [3.63, 3.8) is 0 Å². The van der Waals surface area contributed by atoms with Crippen molar-refractivity contribution in [2.45, 2.75) is 38.1 Å². The van der Waals surface area contributed by atoms with Crippen molar-refractivity contribution in [2.75, 3.05) is 13.7 Å². The van der Waals surface area contributed by atoms with Crippen LogP contribution in [-0.4, -0.2) is 39.8 Å². The van der Waals surface area contributed by atoms with Crippen LogP contribution >= 0.6 is 0 Å². The van der Waals surface area contributed by atoms with Gasteiger partial charge in [0.1, 0.15) is 0 Å². The van der Waals surface area contributed by atoms with Crippen molar-refractivity contribution in [1.29, 1.82) is 0 Å². The van der Waals surface area contributed by atoms with Crippen LogP contribution in [0, 0.1) is 0 Å². The largest absolute Gasteiger partial charge is 0.476 e. The van der Waals surface area contributed by atoms with Gasteiger partial charge in [-0.1, -0.05) is 12.1 Å². The molecule has 0 bridgehead atoms. The molecule has 1 saturated carbocycles. The van der Waals surface area contributed by atoms with E-state index in [1.54, 1.807) is 11.8 Å². The molecule has 6 nitrogen and oxygen atoms in total.